The SMILES string of the molecule is C/C(=C\[C@H](O)CO[Si](C)(C)C(C)(C)C)COCc1ccccc1. The van der Waals surface area contributed by atoms with Gasteiger partial charge < -0.3 is 14.3 Å². The van der Waals surface area contributed by atoms with Crippen LogP contribution in [0.2, 0.25) is 18.1 Å². The van der Waals surface area contributed by atoms with E-state index in [2.05, 4.69) is 33.9 Å². The van der Waals surface area contributed by atoms with Gasteiger partial charge in [-0.3, -0.25) is 0 Å². The van der Waals surface area contributed by atoms with Gasteiger partial charge in [-0.2, -0.15) is 0 Å². The maximum atomic E-state index is 10.1. The van der Waals surface area contributed by atoms with Crippen molar-refractivity contribution < 1.29 is 14.3 Å². The van der Waals surface area contributed by atoms with Crippen LogP contribution < -0.4 is 0 Å². The number of aliphatic hydroxyl groups excluding tert-OH is 1. The maximum Gasteiger partial charge on any atom is 0.192 e. The molecule has 0 aliphatic carbocycles. The topological polar surface area (TPSA) is 38.7 Å². The molecule has 23 heavy (non-hydrogen) atoms. The normalized spacial score (nSPS) is 14.8. The van der Waals surface area contributed by atoms with Crippen LogP contribution in [0.1, 0.15) is 33.3 Å². The Hall–Kier alpha value is -0.943. The Morgan fingerprint density at radius 2 is 1.83 bits per heavy atom. The first-order valence-electron chi connectivity index (χ1n) is 8.23. The molecule has 1 rings (SSSR count). The van der Waals surface area contributed by atoms with Crippen molar-refractivity contribution in [2.45, 2.75) is 58.5 Å². The fourth-order valence-electron chi connectivity index (χ4n) is 1.84. The quantitative estimate of drug-likeness (QED) is 0.560. The molecule has 0 amide bonds. The van der Waals surface area contributed by atoms with Crippen LogP contribution in [-0.4, -0.2) is 32.7 Å². The molecule has 3 nitrogen and oxygen atoms in total. The highest BCUT2D eigenvalue weighted by Crippen LogP contribution is 2.36. The summed E-state index contributed by atoms with van der Waals surface area (Å²) in [5, 5.41) is 10.3. The predicted octanol–water partition coefficient (Wildman–Crippen LogP) is 4.53. The minimum Gasteiger partial charge on any atom is -0.414 e. The molecule has 0 radical (unpaired) electrons. The van der Waals surface area contributed by atoms with E-state index in [1.807, 2.05) is 43.3 Å². The van der Waals surface area contributed by atoms with Gasteiger partial charge in [0.1, 0.15) is 0 Å². The number of hydrogen-bond acceptors (Lipinski definition) is 3. The van der Waals surface area contributed by atoms with Crippen molar-refractivity contribution >= 4 is 8.32 Å². The van der Waals surface area contributed by atoms with E-state index in [4.69, 9.17) is 9.16 Å². The Morgan fingerprint density at radius 1 is 1.22 bits per heavy atom. The molecule has 0 spiro atoms. The lowest BCUT2D eigenvalue weighted by Gasteiger charge is -2.36. The van der Waals surface area contributed by atoms with E-state index >= 15 is 0 Å². The van der Waals surface area contributed by atoms with Crippen molar-refractivity contribution in [2.75, 3.05) is 13.2 Å². The Kier molecular flexibility index (Phi) is 7.68. The zero-order valence-electron chi connectivity index (χ0n) is 15.4. The number of hydrogen-bond donors (Lipinski definition) is 1. The van der Waals surface area contributed by atoms with E-state index in [-0.39, 0.29) is 5.04 Å². The van der Waals surface area contributed by atoms with Crippen LogP contribution >= 0.6 is 0 Å². The Bertz CT molecular complexity index is 489. The molecule has 1 aromatic rings. The van der Waals surface area contributed by atoms with Crippen LogP contribution in [0.15, 0.2) is 42.0 Å². The molecule has 0 unspecified atom stereocenters. The maximum absolute atomic E-state index is 10.1. The summed E-state index contributed by atoms with van der Waals surface area (Å²) in [4.78, 5) is 0. The second kappa shape index (κ2) is 8.78. The summed E-state index contributed by atoms with van der Waals surface area (Å²) < 4.78 is 11.7. The van der Waals surface area contributed by atoms with Gasteiger partial charge in [-0.15, -0.1) is 0 Å². The zero-order chi connectivity index (χ0) is 17.5. The highest BCUT2D eigenvalue weighted by atomic mass is 28.4. The minimum absolute atomic E-state index is 0.157. The van der Waals surface area contributed by atoms with Crippen LogP contribution in [0.3, 0.4) is 0 Å². The van der Waals surface area contributed by atoms with E-state index in [9.17, 15) is 5.11 Å². The molecule has 0 aromatic heterocycles. The molecule has 0 saturated carbocycles. The molecule has 1 N–H and O–H groups in total. The average molecular weight is 337 g/mol. The highest BCUT2D eigenvalue weighted by Gasteiger charge is 2.37. The minimum atomic E-state index is -1.81. The third kappa shape index (κ3) is 7.44. The first-order valence-corrected chi connectivity index (χ1v) is 11.1. The standard InChI is InChI=1S/C19H32O3Si/c1-16(13-21-14-17-10-8-7-9-11-17)12-18(20)15-22-23(5,6)19(2,3)4/h7-12,18,20H,13-15H2,1-6H3/b16-12+/t18-/m0/s1. The fraction of sp³-hybridized carbons (Fsp3) is 0.579. The molecular weight excluding hydrogens is 304 g/mol. The number of benzene rings is 1. The van der Waals surface area contributed by atoms with Crippen LogP contribution in [-0.2, 0) is 15.8 Å². The van der Waals surface area contributed by atoms with Crippen molar-refractivity contribution in [2.24, 2.45) is 0 Å². The third-order valence-corrected chi connectivity index (χ3v) is 8.84. The Balaban J connectivity index is 2.36. The van der Waals surface area contributed by atoms with E-state index < -0.39 is 14.4 Å². The summed E-state index contributed by atoms with van der Waals surface area (Å²) >= 11 is 0. The van der Waals surface area contributed by atoms with Gasteiger partial charge >= 0.3 is 0 Å². The highest BCUT2D eigenvalue weighted by molar-refractivity contribution is 6.74. The van der Waals surface area contributed by atoms with Gasteiger partial charge in [-0.25, -0.2) is 0 Å². The predicted molar refractivity (Wildman–Crippen MR) is 99.0 cm³/mol. The Morgan fingerprint density at radius 3 is 2.39 bits per heavy atom. The fourth-order valence-corrected chi connectivity index (χ4v) is 2.86. The van der Waals surface area contributed by atoms with Crippen molar-refractivity contribution in [3.63, 3.8) is 0 Å². The lowest BCUT2D eigenvalue weighted by atomic mass is 10.2. The molecule has 0 fully saturated rings. The van der Waals surface area contributed by atoms with Crippen LogP contribution in [0.4, 0.5) is 0 Å². The second-order valence-electron chi connectivity index (χ2n) is 7.63. The molecule has 0 bridgehead atoms. The van der Waals surface area contributed by atoms with Gasteiger partial charge in [0, 0.05) is 0 Å². The van der Waals surface area contributed by atoms with Crippen molar-refractivity contribution in [1.82, 2.24) is 0 Å². The number of ether oxygens (including phenoxy) is 1. The van der Waals surface area contributed by atoms with Crippen LogP contribution in [0.5, 0.6) is 0 Å². The van der Waals surface area contributed by atoms with Crippen molar-refractivity contribution in [3.05, 3.63) is 47.5 Å². The van der Waals surface area contributed by atoms with Crippen molar-refractivity contribution in [3.8, 4) is 0 Å². The summed E-state index contributed by atoms with van der Waals surface area (Å²) in [5.41, 5.74) is 2.18. The van der Waals surface area contributed by atoms with E-state index in [0.717, 1.165) is 11.1 Å². The summed E-state index contributed by atoms with van der Waals surface area (Å²) in [6.07, 6.45) is 1.25. The molecule has 1 aromatic carbocycles. The second-order valence-corrected chi connectivity index (χ2v) is 12.4. The lowest BCUT2D eigenvalue weighted by Crippen LogP contribution is -2.42. The van der Waals surface area contributed by atoms with Crippen molar-refractivity contribution in [1.29, 1.82) is 0 Å². The summed E-state index contributed by atoms with van der Waals surface area (Å²) in [5.74, 6) is 0. The van der Waals surface area contributed by atoms with Gasteiger partial charge in [0.05, 0.1) is 25.9 Å². The summed E-state index contributed by atoms with van der Waals surface area (Å²) in [6, 6.07) is 10.1. The lowest BCUT2D eigenvalue weighted by molar-refractivity contribution is 0.127. The molecule has 0 aliphatic heterocycles. The first-order chi connectivity index (χ1) is 10.6. The van der Waals surface area contributed by atoms with E-state index in [1.165, 1.54) is 0 Å². The van der Waals surface area contributed by atoms with Gasteiger partial charge in [0.15, 0.2) is 8.32 Å². The molecule has 0 aliphatic rings. The average Bonchev–Trinajstić information content (AvgIpc) is 2.45. The molecule has 0 heterocycles. The molecular formula is C19H32O3Si. The molecule has 1 atom stereocenters. The largest absolute Gasteiger partial charge is 0.414 e. The van der Waals surface area contributed by atoms with E-state index in [0.29, 0.717) is 19.8 Å². The van der Waals surface area contributed by atoms with Gasteiger partial charge in [-0.1, -0.05) is 57.2 Å². The summed E-state index contributed by atoms with van der Waals surface area (Å²) in [7, 11) is -1.81. The van der Waals surface area contributed by atoms with Gasteiger partial charge in [0.25, 0.3) is 0 Å². The molecule has 130 valence electrons. The zero-order valence-corrected chi connectivity index (χ0v) is 16.4. The van der Waals surface area contributed by atoms with Crippen LogP contribution in [0, 0.1) is 0 Å². The Labute approximate surface area is 142 Å². The van der Waals surface area contributed by atoms with E-state index in [1.54, 1.807) is 0 Å². The van der Waals surface area contributed by atoms with Gasteiger partial charge in [0.2, 0.25) is 0 Å². The first kappa shape index (κ1) is 20.1. The van der Waals surface area contributed by atoms with Gasteiger partial charge in [-0.05, 0) is 36.2 Å². The number of aliphatic hydroxyl groups is 1. The third-order valence-electron chi connectivity index (χ3n) is 4.34. The summed E-state index contributed by atoms with van der Waals surface area (Å²) in [6.45, 7) is 14.4. The number of rotatable bonds is 8. The molecule has 4 heteroatoms. The smallest absolute Gasteiger partial charge is 0.192 e. The monoisotopic (exact) mass is 336 g/mol. The molecule has 0 saturated heterocycles. The van der Waals surface area contributed by atoms with Crippen LogP contribution in [0.25, 0.3) is 0 Å².